The molecule has 30 heavy (non-hydrogen) atoms. The molecule has 0 radical (unpaired) electrons. The van der Waals surface area contributed by atoms with Crippen LogP contribution in [0.5, 0.6) is 0 Å². The van der Waals surface area contributed by atoms with Gasteiger partial charge in [-0.15, -0.1) is 10.2 Å². The monoisotopic (exact) mass is 419 g/mol. The number of fused-ring (bicyclic) bond motifs is 1. The van der Waals surface area contributed by atoms with Crippen LogP contribution < -0.4 is 5.32 Å². The first-order chi connectivity index (χ1) is 14.5. The second kappa shape index (κ2) is 8.36. The Morgan fingerprint density at radius 1 is 1.13 bits per heavy atom. The minimum absolute atomic E-state index is 0.0548. The molecule has 0 atom stereocenters. The van der Waals surface area contributed by atoms with Gasteiger partial charge in [-0.25, -0.2) is 0 Å². The highest BCUT2D eigenvalue weighted by Gasteiger charge is 2.17. The van der Waals surface area contributed by atoms with Crippen LogP contribution in [0.25, 0.3) is 22.3 Å². The van der Waals surface area contributed by atoms with Gasteiger partial charge in [-0.3, -0.25) is 4.79 Å². The molecule has 6 nitrogen and oxygen atoms in total. The highest BCUT2D eigenvalue weighted by molar-refractivity contribution is 7.99. The van der Waals surface area contributed by atoms with Crippen LogP contribution in [0.1, 0.15) is 18.1 Å². The number of nitrogens with zero attached hydrogens (tertiary/aromatic N) is 4. The molecular formula is C23H25N5OS. The van der Waals surface area contributed by atoms with Gasteiger partial charge >= 0.3 is 0 Å². The van der Waals surface area contributed by atoms with Crippen LogP contribution in [-0.4, -0.2) is 31.0 Å². The third-order valence-corrected chi connectivity index (χ3v) is 6.22. The van der Waals surface area contributed by atoms with Crippen molar-refractivity contribution >= 4 is 34.3 Å². The van der Waals surface area contributed by atoms with Crippen LogP contribution >= 0.6 is 11.8 Å². The molecule has 154 valence electrons. The van der Waals surface area contributed by atoms with Gasteiger partial charge in [0.1, 0.15) is 0 Å². The fourth-order valence-electron chi connectivity index (χ4n) is 3.55. The molecule has 2 aromatic carbocycles. The predicted octanol–water partition coefficient (Wildman–Crippen LogP) is 4.80. The smallest absolute Gasteiger partial charge is 0.234 e. The largest absolute Gasteiger partial charge is 0.347 e. The first-order valence-electron chi connectivity index (χ1n) is 9.95. The van der Waals surface area contributed by atoms with Crippen molar-refractivity contribution in [3.05, 3.63) is 59.8 Å². The van der Waals surface area contributed by atoms with E-state index in [1.807, 2.05) is 55.8 Å². The van der Waals surface area contributed by atoms with Crippen molar-refractivity contribution in [1.29, 1.82) is 0 Å². The molecule has 7 heteroatoms. The summed E-state index contributed by atoms with van der Waals surface area (Å²) in [5.74, 6) is 1.02. The third kappa shape index (κ3) is 3.85. The molecule has 0 saturated heterocycles. The number of hydrogen-bond acceptors (Lipinski definition) is 4. The van der Waals surface area contributed by atoms with Gasteiger partial charge in [0.2, 0.25) is 5.91 Å². The number of aromatic nitrogens is 4. The van der Waals surface area contributed by atoms with E-state index in [4.69, 9.17) is 0 Å². The van der Waals surface area contributed by atoms with Crippen molar-refractivity contribution in [3.8, 4) is 11.4 Å². The van der Waals surface area contributed by atoms with Gasteiger partial charge in [-0.2, -0.15) is 0 Å². The van der Waals surface area contributed by atoms with Gasteiger partial charge in [-0.1, -0.05) is 42.1 Å². The summed E-state index contributed by atoms with van der Waals surface area (Å²) in [6, 6.07) is 14.3. The molecule has 1 amide bonds. The molecule has 4 rings (SSSR count). The van der Waals surface area contributed by atoms with Crippen molar-refractivity contribution in [2.24, 2.45) is 7.05 Å². The molecule has 4 aromatic rings. The molecular weight excluding hydrogens is 394 g/mol. The SMILES string of the molecule is CCn1cc(-c2nnc(SCC(=O)Nc3cc(C)ccc3C)n2C)c2ccccc21. The normalized spacial score (nSPS) is 11.2. The van der Waals surface area contributed by atoms with E-state index < -0.39 is 0 Å². The summed E-state index contributed by atoms with van der Waals surface area (Å²) in [5.41, 5.74) is 5.25. The Hall–Kier alpha value is -3.06. The fourth-order valence-corrected chi connectivity index (χ4v) is 4.26. The Labute approximate surface area is 180 Å². The summed E-state index contributed by atoms with van der Waals surface area (Å²) in [6.45, 7) is 7.02. The first kappa shape index (κ1) is 20.2. The number of benzene rings is 2. The zero-order chi connectivity index (χ0) is 21.3. The number of carbonyl (C=O) groups excluding carboxylic acids is 1. The van der Waals surface area contributed by atoms with Gasteiger partial charge in [0.15, 0.2) is 11.0 Å². The van der Waals surface area contributed by atoms with Crippen molar-refractivity contribution in [2.75, 3.05) is 11.1 Å². The van der Waals surface area contributed by atoms with Crippen molar-refractivity contribution < 1.29 is 4.79 Å². The number of amides is 1. The van der Waals surface area contributed by atoms with E-state index in [0.29, 0.717) is 0 Å². The van der Waals surface area contributed by atoms with Crippen LogP contribution in [0, 0.1) is 13.8 Å². The highest BCUT2D eigenvalue weighted by Crippen LogP contribution is 2.31. The first-order valence-corrected chi connectivity index (χ1v) is 10.9. The number of rotatable bonds is 6. The topological polar surface area (TPSA) is 64.7 Å². The molecule has 2 aromatic heterocycles. The van der Waals surface area contributed by atoms with Crippen molar-refractivity contribution in [2.45, 2.75) is 32.5 Å². The van der Waals surface area contributed by atoms with Gasteiger partial charge in [0.05, 0.1) is 5.75 Å². The predicted molar refractivity (Wildman–Crippen MR) is 123 cm³/mol. The maximum atomic E-state index is 12.5. The molecule has 0 fully saturated rings. The summed E-state index contributed by atoms with van der Waals surface area (Å²) in [5, 5.41) is 13.6. The lowest BCUT2D eigenvalue weighted by molar-refractivity contribution is -0.113. The lowest BCUT2D eigenvalue weighted by Crippen LogP contribution is -2.15. The lowest BCUT2D eigenvalue weighted by atomic mass is 10.1. The summed E-state index contributed by atoms with van der Waals surface area (Å²) in [4.78, 5) is 12.5. The van der Waals surface area contributed by atoms with Crippen LogP contribution in [0.3, 0.4) is 0 Å². The van der Waals surface area contributed by atoms with E-state index in [-0.39, 0.29) is 11.7 Å². The molecule has 0 unspecified atom stereocenters. The molecule has 0 bridgehead atoms. The van der Waals surface area contributed by atoms with Crippen LogP contribution in [-0.2, 0) is 18.4 Å². The van der Waals surface area contributed by atoms with E-state index in [0.717, 1.165) is 45.3 Å². The summed E-state index contributed by atoms with van der Waals surface area (Å²) < 4.78 is 4.17. The Morgan fingerprint density at radius 2 is 1.93 bits per heavy atom. The number of carbonyl (C=O) groups is 1. The minimum Gasteiger partial charge on any atom is -0.347 e. The summed E-state index contributed by atoms with van der Waals surface area (Å²) in [7, 11) is 1.94. The second-order valence-corrected chi connectivity index (χ2v) is 8.31. The van der Waals surface area contributed by atoms with Gasteiger partial charge < -0.3 is 14.5 Å². The van der Waals surface area contributed by atoms with E-state index >= 15 is 0 Å². The Balaban J connectivity index is 1.52. The van der Waals surface area contributed by atoms with Gasteiger partial charge in [0, 0.05) is 41.9 Å². The Bertz CT molecular complexity index is 1220. The maximum absolute atomic E-state index is 12.5. The molecule has 2 heterocycles. The van der Waals surface area contributed by atoms with E-state index in [1.54, 1.807) is 0 Å². The molecule has 0 aliphatic carbocycles. The zero-order valence-corrected chi connectivity index (χ0v) is 18.5. The molecule has 0 aliphatic rings. The molecule has 1 N–H and O–H groups in total. The number of hydrogen-bond donors (Lipinski definition) is 1. The maximum Gasteiger partial charge on any atom is 0.234 e. The number of thioether (sulfide) groups is 1. The second-order valence-electron chi connectivity index (χ2n) is 7.37. The van der Waals surface area contributed by atoms with Crippen molar-refractivity contribution in [1.82, 2.24) is 19.3 Å². The summed E-state index contributed by atoms with van der Waals surface area (Å²) in [6.07, 6.45) is 2.12. The van der Waals surface area contributed by atoms with Crippen LogP contribution in [0.2, 0.25) is 0 Å². The van der Waals surface area contributed by atoms with E-state index in [9.17, 15) is 4.79 Å². The van der Waals surface area contributed by atoms with Gasteiger partial charge in [-0.05, 0) is 44.0 Å². The minimum atomic E-state index is -0.0548. The average Bonchev–Trinajstić information content (AvgIpc) is 3.29. The third-order valence-electron chi connectivity index (χ3n) is 5.20. The molecule has 0 aliphatic heterocycles. The quantitative estimate of drug-likeness (QED) is 0.456. The number of anilines is 1. The number of nitrogens with one attached hydrogen (secondary N) is 1. The fraction of sp³-hybridized carbons (Fsp3) is 0.261. The number of para-hydroxylation sites is 1. The average molecular weight is 420 g/mol. The van der Waals surface area contributed by atoms with Crippen molar-refractivity contribution in [3.63, 3.8) is 0 Å². The standard InChI is InChI=1S/C23H25N5OS/c1-5-28-13-18(17-8-6-7-9-20(17)28)22-25-26-23(27(22)4)30-14-21(29)24-19-12-15(2)10-11-16(19)3/h6-13H,5,14H2,1-4H3,(H,24,29). The zero-order valence-electron chi connectivity index (χ0n) is 17.6. The lowest BCUT2D eigenvalue weighted by Gasteiger charge is -2.09. The van der Waals surface area contributed by atoms with Gasteiger partial charge in [0.25, 0.3) is 0 Å². The Kier molecular flexibility index (Phi) is 5.63. The highest BCUT2D eigenvalue weighted by atomic mass is 32.2. The van der Waals surface area contributed by atoms with Crippen LogP contribution in [0.15, 0.2) is 53.8 Å². The van der Waals surface area contributed by atoms with E-state index in [2.05, 4.69) is 45.3 Å². The van der Waals surface area contributed by atoms with E-state index in [1.165, 1.54) is 17.3 Å². The van der Waals surface area contributed by atoms with Crippen LogP contribution in [0.4, 0.5) is 5.69 Å². The summed E-state index contributed by atoms with van der Waals surface area (Å²) >= 11 is 1.39. The number of aryl methyl sites for hydroxylation is 3. The molecule has 0 spiro atoms. The Morgan fingerprint density at radius 3 is 2.73 bits per heavy atom. The molecule has 0 saturated carbocycles.